The Morgan fingerprint density at radius 1 is 1.06 bits per heavy atom. The molecule has 0 fully saturated rings. The average molecular weight is 237 g/mol. The normalized spacial score (nSPS) is 13.3. The highest BCUT2D eigenvalue weighted by atomic mass is 16.1. The van der Waals surface area contributed by atoms with Crippen molar-refractivity contribution in [3.05, 3.63) is 65.0 Å². The van der Waals surface area contributed by atoms with Crippen LogP contribution >= 0.6 is 0 Å². The van der Waals surface area contributed by atoms with E-state index in [0.717, 1.165) is 17.5 Å². The molecule has 0 atom stereocenters. The van der Waals surface area contributed by atoms with Crippen molar-refractivity contribution >= 4 is 5.78 Å². The molecule has 2 heteroatoms. The summed E-state index contributed by atoms with van der Waals surface area (Å²) in [5.74, 6) is 0.162. The van der Waals surface area contributed by atoms with E-state index in [4.69, 9.17) is 0 Å². The molecular formula is C16H15NO. The Morgan fingerprint density at radius 3 is 2.67 bits per heavy atom. The summed E-state index contributed by atoms with van der Waals surface area (Å²) < 4.78 is 0. The van der Waals surface area contributed by atoms with Crippen LogP contribution in [0.5, 0.6) is 0 Å². The number of rotatable bonds is 3. The molecular weight excluding hydrogens is 222 g/mol. The van der Waals surface area contributed by atoms with E-state index in [9.17, 15) is 4.79 Å². The van der Waals surface area contributed by atoms with Gasteiger partial charge in [-0.2, -0.15) is 0 Å². The third kappa shape index (κ3) is 2.19. The van der Waals surface area contributed by atoms with Crippen LogP contribution in [0.4, 0.5) is 0 Å². The van der Waals surface area contributed by atoms with Crippen molar-refractivity contribution in [2.45, 2.75) is 25.7 Å². The number of hydrogen-bond acceptors (Lipinski definition) is 2. The van der Waals surface area contributed by atoms with E-state index in [1.807, 2.05) is 0 Å². The second-order valence-corrected chi connectivity index (χ2v) is 4.79. The van der Waals surface area contributed by atoms with Gasteiger partial charge in [0.05, 0.1) is 0 Å². The molecule has 2 nitrogen and oxygen atoms in total. The van der Waals surface area contributed by atoms with Gasteiger partial charge >= 0.3 is 0 Å². The third-order valence-corrected chi connectivity index (χ3v) is 3.53. The highest BCUT2D eigenvalue weighted by molar-refractivity contribution is 5.97. The number of benzene rings is 1. The maximum Gasteiger partial charge on any atom is 0.167 e. The van der Waals surface area contributed by atoms with Crippen LogP contribution in [0.25, 0.3) is 0 Å². The summed E-state index contributed by atoms with van der Waals surface area (Å²) in [4.78, 5) is 16.0. The van der Waals surface area contributed by atoms with Gasteiger partial charge in [-0.15, -0.1) is 0 Å². The van der Waals surface area contributed by atoms with Gasteiger partial charge in [-0.05, 0) is 48.1 Å². The smallest absolute Gasteiger partial charge is 0.167 e. The summed E-state index contributed by atoms with van der Waals surface area (Å²) in [5, 5.41) is 0. The van der Waals surface area contributed by atoms with Crippen molar-refractivity contribution in [1.29, 1.82) is 0 Å². The molecule has 1 aromatic carbocycles. The van der Waals surface area contributed by atoms with Gasteiger partial charge in [0.15, 0.2) is 5.78 Å². The van der Waals surface area contributed by atoms with Crippen molar-refractivity contribution in [3.63, 3.8) is 0 Å². The molecule has 1 aliphatic carbocycles. The summed E-state index contributed by atoms with van der Waals surface area (Å²) in [6.45, 7) is 0. The van der Waals surface area contributed by atoms with Crippen LogP contribution < -0.4 is 0 Å². The molecule has 90 valence electrons. The van der Waals surface area contributed by atoms with Crippen LogP contribution in [0.2, 0.25) is 0 Å². The quantitative estimate of drug-likeness (QED) is 0.768. The van der Waals surface area contributed by atoms with Gasteiger partial charge in [0.2, 0.25) is 0 Å². The monoisotopic (exact) mass is 237 g/mol. The Bertz CT molecular complexity index is 575. The number of Topliss-reactive ketones (excluding diaryl/α,β-unsaturated/α-hetero) is 1. The minimum atomic E-state index is 0.162. The minimum absolute atomic E-state index is 0.162. The molecule has 0 N–H and O–H groups in total. The van der Waals surface area contributed by atoms with Gasteiger partial charge in [0.25, 0.3) is 0 Å². The van der Waals surface area contributed by atoms with Crippen molar-refractivity contribution in [3.8, 4) is 0 Å². The maximum atomic E-state index is 12.1. The number of hydrogen-bond donors (Lipinski definition) is 0. The summed E-state index contributed by atoms with van der Waals surface area (Å²) in [7, 11) is 0. The number of pyridine rings is 1. The molecule has 0 amide bonds. The Kier molecular flexibility index (Phi) is 2.93. The van der Waals surface area contributed by atoms with E-state index in [1.165, 1.54) is 24.0 Å². The van der Waals surface area contributed by atoms with Crippen molar-refractivity contribution in [1.82, 2.24) is 4.98 Å². The molecule has 0 unspecified atom stereocenters. The number of aromatic nitrogens is 1. The van der Waals surface area contributed by atoms with Crippen LogP contribution in [0.15, 0.2) is 42.7 Å². The Balaban J connectivity index is 1.79. The van der Waals surface area contributed by atoms with E-state index in [2.05, 4.69) is 23.2 Å². The van der Waals surface area contributed by atoms with Gasteiger partial charge in [0.1, 0.15) is 0 Å². The zero-order valence-electron chi connectivity index (χ0n) is 10.2. The Labute approximate surface area is 107 Å². The highest BCUT2D eigenvalue weighted by Gasteiger charge is 2.12. The van der Waals surface area contributed by atoms with Crippen molar-refractivity contribution < 1.29 is 4.79 Å². The lowest BCUT2D eigenvalue weighted by Crippen LogP contribution is -2.04. The number of carbonyl (C=O) groups is 1. The molecule has 3 rings (SSSR count). The predicted molar refractivity (Wildman–Crippen MR) is 70.7 cm³/mol. The molecule has 0 bridgehead atoms. The number of aryl methyl sites for hydroxylation is 2. The standard InChI is InChI=1S/C16H15NO/c18-16(14-6-8-17-9-7-14)11-12-4-5-13-2-1-3-15(13)10-12/h4-10H,1-3,11H2. The molecule has 18 heavy (non-hydrogen) atoms. The SMILES string of the molecule is O=C(Cc1ccc2c(c1)CCC2)c1ccncc1. The van der Waals surface area contributed by atoms with Crippen LogP contribution in [0.1, 0.15) is 33.5 Å². The molecule has 1 aromatic heterocycles. The van der Waals surface area contributed by atoms with E-state index in [-0.39, 0.29) is 5.78 Å². The molecule has 0 aliphatic heterocycles. The summed E-state index contributed by atoms with van der Waals surface area (Å²) in [6.07, 6.45) is 7.40. The molecule has 1 heterocycles. The second kappa shape index (κ2) is 4.73. The van der Waals surface area contributed by atoms with E-state index in [0.29, 0.717) is 6.42 Å². The fourth-order valence-corrected chi connectivity index (χ4v) is 2.56. The first-order valence-electron chi connectivity index (χ1n) is 6.37. The molecule has 0 radical (unpaired) electrons. The van der Waals surface area contributed by atoms with Crippen molar-refractivity contribution in [2.75, 3.05) is 0 Å². The van der Waals surface area contributed by atoms with Gasteiger partial charge < -0.3 is 0 Å². The highest BCUT2D eigenvalue weighted by Crippen LogP contribution is 2.23. The first-order chi connectivity index (χ1) is 8.83. The second-order valence-electron chi connectivity index (χ2n) is 4.79. The molecule has 0 saturated carbocycles. The zero-order chi connectivity index (χ0) is 12.4. The molecule has 0 spiro atoms. The molecule has 2 aromatic rings. The fourth-order valence-electron chi connectivity index (χ4n) is 2.56. The fraction of sp³-hybridized carbons (Fsp3) is 0.250. The summed E-state index contributed by atoms with van der Waals surface area (Å²) in [5.41, 5.74) is 4.74. The van der Waals surface area contributed by atoms with Crippen LogP contribution in [-0.2, 0) is 19.3 Å². The lowest BCUT2D eigenvalue weighted by Gasteiger charge is -2.04. The lowest BCUT2D eigenvalue weighted by molar-refractivity contribution is 0.0993. The average Bonchev–Trinajstić information content (AvgIpc) is 2.87. The first kappa shape index (κ1) is 11.1. The maximum absolute atomic E-state index is 12.1. The van der Waals surface area contributed by atoms with Gasteiger partial charge in [-0.3, -0.25) is 9.78 Å². The Hall–Kier alpha value is -1.96. The molecule has 0 saturated heterocycles. The van der Waals surface area contributed by atoms with Crippen molar-refractivity contribution in [2.24, 2.45) is 0 Å². The van der Waals surface area contributed by atoms with Crippen LogP contribution in [0, 0.1) is 0 Å². The third-order valence-electron chi connectivity index (χ3n) is 3.53. The predicted octanol–water partition coefficient (Wildman–Crippen LogP) is 3.00. The number of fused-ring (bicyclic) bond motifs is 1. The largest absolute Gasteiger partial charge is 0.294 e. The van der Waals surface area contributed by atoms with E-state index in [1.54, 1.807) is 24.5 Å². The van der Waals surface area contributed by atoms with E-state index < -0.39 is 0 Å². The van der Waals surface area contributed by atoms with Gasteiger partial charge in [-0.1, -0.05) is 18.2 Å². The number of carbonyl (C=O) groups excluding carboxylic acids is 1. The zero-order valence-corrected chi connectivity index (χ0v) is 10.2. The van der Waals surface area contributed by atoms with Gasteiger partial charge in [-0.25, -0.2) is 0 Å². The summed E-state index contributed by atoms with van der Waals surface area (Å²) >= 11 is 0. The lowest BCUT2D eigenvalue weighted by atomic mass is 10.0. The Morgan fingerprint density at radius 2 is 1.83 bits per heavy atom. The topological polar surface area (TPSA) is 30.0 Å². The number of ketones is 1. The van der Waals surface area contributed by atoms with Gasteiger partial charge in [0, 0.05) is 24.4 Å². The van der Waals surface area contributed by atoms with E-state index >= 15 is 0 Å². The first-order valence-corrected chi connectivity index (χ1v) is 6.37. The molecule has 1 aliphatic rings. The summed E-state index contributed by atoms with van der Waals surface area (Å²) in [6, 6.07) is 10.0. The minimum Gasteiger partial charge on any atom is -0.294 e. The number of nitrogens with zero attached hydrogens (tertiary/aromatic N) is 1. The van der Waals surface area contributed by atoms with Crippen LogP contribution in [-0.4, -0.2) is 10.8 Å². The van der Waals surface area contributed by atoms with Crippen LogP contribution in [0.3, 0.4) is 0 Å².